The number of rotatable bonds is 7. The third-order valence-corrected chi connectivity index (χ3v) is 3.72. The molecule has 5 heteroatoms. The lowest BCUT2D eigenvalue weighted by Crippen LogP contribution is -2.42. The number of anilines is 1. The molecule has 0 aliphatic rings. The highest BCUT2D eigenvalue weighted by atomic mass is 35.5. The van der Waals surface area contributed by atoms with E-state index in [-0.39, 0.29) is 11.3 Å². The number of nitrogens with one attached hydrogen (secondary N) is 1. The Kier molecular flexibility index (Phi) is 6.65. The average Bonchev–Trinajstić information content (AvgIpc) is 2.41. The van der Waals surface area contributed by atoms with Crippen molar-refractivity contribution in [3.8, 4) is 0 Å². The van der Waals surface area contributed by atoms with E-state index in [1.165, 1.54) is 0 Å². The Morgan fingerprint density at radius 1 is 1.43 bits per heavy atom. The summed E-state index contributed by atoms with van der Waals surface area (Å²) in [5, 5.41) is 3.61. The number of aryl methyl sites for hydroxylation is 1. The van der Waals surface area contributed by atoms with Crippen molar-refractivity contribution >= 4 is 23.2 Å². The molecule has 1 aromatic rings. The number of carbonyl (C=O) groups excluding carboxylic acids is 1. The van der Waals surface area contributed by atoms with Crippen molar-refractivity contribution in [1.29, 1.82) is 0 Å². The minimum absolute atomic E-state index is 0.00643. The van der Waals surface area contributed by atoms with Gasteiger partial charge in [-0.25, -0.2) is 0 Å². The van der Waals surface area contributed by atoms with E-state index in [1.807, 2.05) is 26.0 Å². The third-order valence-electron chi connectivity index (χ3n) is 3.48. The molecule has 0 atom stereocenters. The maximum absolute atomic E-state index is 12.2. The molecule has 0 bridgehead atoms. The predicted octanol–water partition coefficient (Wildman–Crippen LogP) is 2.89. The fourth-order valence-electron chi connectivity index (χ4n) is 2.11. The van der Waals surface area contributed by atoms with Gasteiger partial charge in [0.2, 0.25) is 5.91 Å². The van der Waals surface area contributed by atoms with E-state index in [2.05, 4.69) is 24.1 Å². The monoisotopic (exact) mass is 311 g/mol. The third kappa shape index (κ3) is 6.04. The molecular weight excluding hydrogens is 286 g/mol. The molecule has 1 aromatic carbocycles. The zero-order chi connectivity index (χ0) is 16.0. The van der Waals surface area contributed by atoms with Gasteiger partial charge in [-0.2, -0.15) is 0 Å². The Balaban J connectivity index is 2.63. The Hall–Kier alpha value is -1.10. The first-order chi connectivity index (χ1) is 9.77. The summed E-state index contributed by atoms with van der Waals surface area (Å²) in [6.45, 7) is 10.8. The summed E-state index contributed by atoms with van der Waals surface area (Å²) in [5.41, 5.74) is 7.53. The van der Waals surface area contributed by atoms with E-state index in [0.717, 1.165) is 24.3 Å². The lowest BCUT2D eigenvalue weighted by atomic mass is 9.93. The highest BCUT2D eigenvalue weighted by molar-refractivity contribution is 6.30. The molecule has 0 saturated carbocycles. The van der Waals surface area contributed by atoms with Crippen LogP contribution in [0.1, 0.15) is 26.3 Å². The van der Waals surface area contributed by atoms with Gasteiger partial charge in [0.15, 0.2) is 0 Å². The molecule has 4 nitrogen and oxygen atoms in total. The van der Waals surface area contributed by atoms with Crippen LogP contribution >= 0.6 is 11.6 Å². The average molecular weight is 312 g/mol. The first-order valence-corrected chi connectivity index (χ1v) is 7.63. The quantitative estimate of drug-likeness (QED) is 0.814. The number of nitrogens with two attached hydrogens (primary N) is 1. The normalized spacial score (nSPS) is 11.8. The summed E-state index contributed by atoms with van der Waals surface area (Å²) in [6, 6.07) is 5.45. The van der Waals surface area contributed by atoms with Crippen LogP contribution in [-0.2, 0) is 4.79 Å². The standard InChI is InChI=1S/C16H26ClN3O/c1-5-20(11-16(3,4)10-18)9-15(21)19-14-7-6-13(17)8-12(14)2/h6-8H,5,9-11,18H2,1-4H3,(H,19,21). The van der Waals surface area contributed by atoms with Crippen LogP contribution in [0.25, 0.3) is 0 Å². The summed E-state index contributed by atoms with van der Waals surface area (Å²) >= 11 is 5.92. The fourth-order valence-corrected chi connectivity index (χ4v) is 2.34. The van der Waals surface area contributed by atoms with Gasteiger partial charge in [0.05, 0.1) is 6.54 Å². The molecular formula is C16H26ClN3O. The maximum Gasteiger partial charge on any atom is 0.238 e. The van der Waals surface area contributed by atoms with E-state index in [1.54, 1.807) is 6.07 Å². The number of carbonyl (C=O) groups is 1. The number of benzene rings is 1. The van der Waals surface area contributed by atoms with Crippen molar-refractivity contribution in [3.63, 3.8) is 0 Å². The van der Waals surface area contributed by atoms with Gasteiger partial charge in [-0.15, -0.1) is 0 Å². The van der Waals surface area contributed by atoms with Gasteiger partial charge in [-0.3, -0.25) is 9.69 Å². The molecule has 0 aromatic heterocycles. The zero-order valence-electron chi connectivity index (χ0n) is 13.4. The smallest absolute Gasteiger partial charge is 0.238 e. The van der Waals surface area contributed by atoms with Crippen LogP contribution in [0, 0.1) is 12.3 Å². The largest absolute Gasteiger partial charge is 0.330 e. The molecule has 0 fully saturated rings. The van der Waals surface area contributed by atoms with Gasteiger partial charge in [-0.05, 0) is 49.2 Å². The molecule has 0 saturated heterocycles. The van der Waals surface area contributed by atoms with Gasteiger partial charge >= 0.3 is 0 Å². The highest BCUT2D eigenvalue weighted by Gasteiger charge is 2.21. The molecule has 118 valence electrons. The lowest BCUT2D eigenvalue weighted by molar-refractivity contribution is -0.117. The summed E-state index contributed by atoms with van der Waals surface area (Å²) in [4.78, 5) is 14.3. The molecule has 0 heterocycles. The van der Waals surface area contributed by atoms with Crippen LogP contribution < -0.4 is 11.1 Å². The topological polar surface area (TPSA) is 58.4 Å². The van der Waals surface area contributed by atoms with Crippen LogP contribution in [0.15, 0.2) is 18.2 Å². The second kappa shape index (κ2) is 7.78. The first kappa shape index (κ1) is 18.0. The summed E-state index contributed by atoms with van der Waals surface area (Å²) in [7, 11) is 0. The SMILES string of the molecule is CCN(CC(=O)Nc1ccc(Cl)cc1C)CC(C)(C)CN. The van der Waals surface area contributed by atoms with Crippen molar-refractivity contribution < 1.29 is 4.79 Å². The number of hydrogen-bond donors (Lipinski definition) is 2. The van der Waals surface area contributed by atoms with Crippen molar-refractivity contribution in [3.05, 3.63) is 28.8 Å². The van der Waals surface area contributed by atoms with Gasteiger partial charge in [-0.1, -0.05) is 32.4 Å². The number of halogens is 1. The zero-order valence-corrected chi connectivity index (χ0v) is 14.1. The van der Waals surface area contributed by atoms with E-state index < -0.39 is 0 Å². The number of likely N-dealkylation sites (N-methyl/N-ethyl adjacent to an activating group) is 1. The van der Waals surface area contributed by atoms with Crippen LogP contribution in [0.5, 0.6) is 0 Å². The Labute approximate surface area is 132 Å². The van der Waals surface area contributed by atoms with Crippen LogP contribution in [0.4, 0.5) is 5.69 Å². The molecule has 21 heavy (non-hydrogen) atoms. The van der Waals surface area contributed by atoms with Crippen LogP contribution in [0.3, 0.4) is 0 Å². The predicted molar refractivity (Wildman–Crippen MR) is 89.8 cm³/mol. The Bertz CT molecular complexity index is 488. The van der Waals surface area contributed by atoms with Crippen LogP contribution in [0.2, 0.25) is 5.02 Å². The van der Waals surface area contributed by atoms with Crippen molar-refractivity contribution in [1.82, 2.24) is 4.90 Å². The van der Waals surface area contributed by atoms with Gasteiger partial charge in [0, 0.05) is 17.3 Å². The summed E-state index contributed by atoms with van der Waals surface area (Å²) in [6.07, 6.45) is 0. The van der Waals surface area contributed by atoms with Gasteiger partial charge in [0.1, 0.15) is 0 Å². The molecule has 0 aliphatic carbocycles. The lowest BCUT2D eigenvalue weighted by Gasteiger charge is -2.30. The minimum Gasteiger partial charge on any atom is -0.330 e. The number of nitrogens with zero attached hydrogens (tertiary/aromatic N) is 1. The Morgan fingerprint density at radius 3 is 2.62 bits per heavy atom. The second-order valence-electron chi connectivity index (χ2n) is 6.18. The number of amides is 1. The molecule has 0 radical (unpaired) electrons. The maximum atomic E-state index is 12.2. The van der Waals surface area contributed by atoms with Gasteiger partial charge in [0.25, 0.3) is 0 Å². The van der Waals surface area contributed by atoms with Gasteiger partial charge < -0.3 is 11.1 Å². The minimum atomic E-state index is -0.0184. The molecule has 3 N–H and O–H groups in total. The Morgan fingerprint density at radius 2 is 2.10 bits per heavy atom. The van der Waals surface area contributed by atoms with E-state index in [4.69, 9.17) is 17.3 Å². The number of hydrogen-bond acceptors (Lipinski definition) is 3. The van der Waals surface area contributed by atoms with Crippen molar-refractivity contribution in [2.45, 2.75) is 27.7 Å². The molecule has 0 aliphatic heterocycles. The van der Waals surface area contributed by atoms with Crippen LogP contribution in [-0.4, -0.2) is 37.0 Å². The molecule has 0 unspecified atom stereocenters. The van der Waals surface area contributed by atoms with Crippen molar-refractivity contribution in [2.24, 2.45) is 11.1 Å². The van der Waals surface area contributed by atoms with E-state index in [0.29, 0.717) is 18.1 Å². The van der Waals surface area contributed by atoms with E-state index >= 15 is 0 Å². The van der Waals surface area contributed by atoms with E-state index in [9.17, 15) is 4.79 Å². The second-order valence-corrected chi connectivity index (χ2v) is 6.62. The molecule has 1 rings (SSSR count). The molecule has 1 amide bonds. The van der Waals surface area contributed by atoms with Crippen molar-refractivity contribution in [2.75, 3.05) is 31.5 Å². The summed E-state index contributed by atoms with van der Waals surface area (Å²) < 4.78 is 0. The highest BCUT2D eigenvalue weighted by Crippen LogP contribution is 2.20. The first-order valence-electron chi connectivity index (χ1n) is 7.26. The summed E-state index contributed by atoms with van der Waals surface area (Å²) in [5.74, 6) is -0.0184. The molecule has 0 spiro atoms. The fraction of sp³-hybridized carbons (Fsp3) is 0.562.